The lowest BCUT2D eigenvalue weighted by atomic mass is 9.93. The molecule has 112 valence electrons. The molecule has 0 amide bonds. The number of carbonyl (C=O) groups is 1. The second-order valence-electron chi connectivity index (χ2n) is 6.25. The van der Waals surface area contributed by atoms with Gasteiger partial charge >= 0.3 is 5.97 Å². The van der Waals surface area contributed by atoms with Crippen LogP contribution in [0.15, 0.2) is 10.6 Å². The topological polar surface area (TPSA) is 66.6 Å². The average Bonchev–Trinajstić information content (AvgIpc) is 2.82. The molecule has 7 heteroatoms. The van der Waals surface area contributed by atoms with Crippen LogP contribution in [0.2, 0.25) is 0 Å². The number of aliphatic carboxylic acids is 1. The first kappa shape index (κ1) is 14.9. The fourth-order valence-corrected chi connectivity index (χ4v) is 2.24. The highest BCUT2D eigenvalue weighted by Crippen LogP contribution is 2.33. The molecule has 1 aromatic heterocycles. The predicted octanol–water partition coefficient (Wildman–Crippen LogP) is 2.27. The summed E-state index contributed by atoms with van der Waals surface area (Å²) < 4.78 is 31.9. The number of carboxylic acid groups (broad SMARTS) is 1. The van der Waals surface area contributed by atoms with Crippen molar-refractivity contribution >= 4 is 5.97 Å². The smallest absolute Gasteiger partial charge is 0.321 e. The van der Waals surface area contributed by atoms with Gasteiger partial charge in [-0.05, 0) is 0 Å². The Balaban J connectivity index is 2.13. The minimum atomic E-state index is -2.97. The molecule has 2 heterocycles. The standard InChI is InChI=1S/C13H18F2N2O3/c1-12(2,3)10-4-8(16-20-10)6-17-7-13(14,15)5-9(17)11(18)19/h4,9H,5-7H2,1-3H3,(H,18,19)/t9-/m1/s1. The molecule has 0 aromatic carbocycles. The van der Waals surface area contributed by atoms with Crippen molar-refractivity contribution in [3.63, 3.8) is 0 Å². The summed E-state index contributed by atoms with van der Waals surface area (Å²) >= 11 is 0. The molecule has 0 bridgehead atoms. The van der Waals surface area contributed by atoms with E-state index in [-0.39, 0.29) is 12.0 Å². The summed E-state index contributed by atoms with van der Waals surface area (Å²) in [6.07, 6.45) is -0.660. The summed E-state index contributed by atoms with van der Waals surface area (Å²) in [6.45, 7) is 5.32. The summed E-state index contributed by atoms with van der Waals surface area (Å²) in [5.74, 6) is -3.56. The number of likely N-dealkylation sites (tertiary alicyclic amines) is 1. The van der Waals surface area contributed by atoms with Crippen molar-refractivity contribution in [2.45, 2.75) is 51.1 Å². The number of rotatable bonds is 3. The van der Waals surface area contributed by atoms with E-state index in [0.29, 0.717) is 11.5 Å². The Kier molecular flexibility index (Phi) is 3.58. The predicted molar refractivity (Wildman–Crippen MR) is 66.6 cm³/mol. The number of carboxylic acids is 1. The van der Waals surface area contributed by atoms with E-state index in [1.165, 1.54) is 4.90 Å². The number of hydrogen-bond acceptors (Lipinski definition) is 4. The van der Waals surface area contributed by atoms with E-state index in [2.05, 4.69) is 5.16 Å². The van der Waals surface area contributed by atoms with Gasteiger partial charge < -0.3 is 9.63 Å². The zero-order valence-corrected chi connectivity index (χ0v) is 11.7. The Bertz CT molecular complexity index is 508. The summed E-state index contributed by atoms with van der Waals surface area (Å²) in [6, 6.07) is 0.509. The van der Waals surface area contributed by atoms with Gasteiger partial charge in [0.25, 0.3) is 5.92 Å². The van der Waals surface area contributed by atoms with Gasteiger partial charge in [0.2, 0.25) is 0 Å². The normalized spacial score (nSPS) is 23.1. The maximum atomic E-state index is 13.4. The summed E-state index contributed by atoms with van der Waals surface area (Å²) in [5.41, 5.74) is 0.241. The molecule has 1 fully saturated rings. The zero-order valence-electron chi connectivity index (χ0n) is 11.7. The van der Waals surface area contributed by atoms with Gasteiger partial charge in [-0.1, -0.05) is 25.9 Å². The summed E-state index contributed by atoms with van der Waals surface area (Å²) in [7, 11) is 0. The number of alkyl halides is 2. The van der Waals surface area contributed by atoms with Crippen LogP contribution in [0.5, 0.6) is 0 Å². The fourth-order valence-electron chi connectivity index (χ4n) is 2.24. The molecule has 0 unspecified atom stereocenters. The monoisotopic (exact) mass is 288 g/mol. The minimum Gasteiger partial charge on any atom is -0.480 e. The van der Waals surface area contributed by atoms with Gasteiger partial charge in [-0.3, -0.25) is 9.69 Å². The highest BCUT2D eigenvalue weighted by molar-refractivity contribution is 5.74. The lowest BCUT2D eigenvalue weighted by Gasteiger charge is -2.18. The zero-order chi connectivity index (χ0) is 15.1. The third-order valence-electron chi connectivity index (χ3n) is 3.32. The highest BCUT2D eigenvalue weighted by Gasteiger charge is 2.48. The van der Waals surface area contributed by atoms with Crippen LogP contribution in [-0.2, 0) is 16.8 Å². The van der Waals surface area contributed by atoms with E-state index in [0.717, 1.165) is 0 Å². The first-order chi connectivity index (χ1) is 9.08. The molecule has 2 rings (SSSR count). The molecule has 1 N–H and O–H groups in total. The summed E-state index contributed by atoms with van der Waals surface area (Å²) in [4.78, 5) is 12.3. The SMILES string of the molecule is CC(C)(C)c1cc(CN2CC(F)(F)C[C@@H]2C(=O)O)no1. The Morgan fingerprint density at radius 2 is 2.25 bits per heavy atom. The Hall–Kier alpha value is -1.50. The van der Waals surface area contributed by atoms with Crippen molar-refractivity contribution in [1.82, 2.24) is 10.1 Å². The third-order valence-corrected chi connectivity index (χ3v) is 3.32. The maximum Gasteiger partial charge on any atom is 0.321 e. The van der Waals surface area contributed by atoms with Gasteiger partial charge in [0.15, 0.2) is 0 Å². The first-order valence-corrected chi connectivity index (χ1v) is 6.39. The van der Waals surface area contributed by atoms with Crippen LogP contribution in [0.4, 0.5) is 8.78 Å². The fraction of sp³-hybridized carbons (Fsp3) is 0.692. The van der Waals surface area contributed by atoms with Crippen LogP contribution in [0.3, 0.4) is 0 Å². The molecule has 1 atom stereocenters. The van der Waals surface area contributed by atoms with Crippen LogP contribution in [0.1, 0.15) is 38.6 Å². The second-order valence-corrected chi connectivity index (χ2v) is 6.25. The Labute approximate surface area is 115 Å². The molecule has 1 aliphatic heterocycles. The van der Waals surface area contributed by atoms with Crippen molar-refractivity contribution < 1.29 is 23.2 Å². The largest absolute Gasteiger partial charge is 0.480 e. The molecule has 0 saturated carbocycles. The molecule has 0 radical (unpaired) electrons. The molecule has 1 saturated heterocycles. The third kappa shape index (κ3) is 3.15. The molecule has 5 nitrogen and oxygen atoms in total. The lowest BCUT2D eigenvalue weighted by Crippen LogP contribution is -2.35. The van der Waals surface area contributed by atoms with Crippen LogP contribution in [-0.4, -0.2) is 39.6 Å². The van der Waals surface area contributed by atoms with Gasteiger partial charge in [-0.2, -0.15) is 0 Å². The van der Waals surface area contributed by atoms with E-state index in [1.54, 1.807) is 6.07 Å². The van der Waals surface area contributed by atoms with Crippen LogP contribution >= 0.6 is 0 Å². The molecule has 0 spiro atoms. The van der Waals surface area contributed by atoms with Crippen molar-refractivity contribution in [3.8, 4) is 0 Å². The quantitative estimate of drug-likeness (QED) is 0.924. The van der Waals surface area contributed by atoms with E-state index in [4.69, 9.17) is 9.63 Å². The summed E-state index contributed by atoms with van der Waals surface area (Å²) in [5, 5.41) is 12.8. The van der Waals surface area contributed by atoms with Crippen LogP contribution in [0, 0.1) is 0 Å². The number of hydrogen-bond donors (Lipinski definition) is 1. The highest BCUT2D eigenvalue weighted by atomic mass is 19.3. The van der Waals surface area contributed by atoms with Crippen molar-refractivity contribution in [1.29, 1.82) is 0 Å². The van der Waals surface area contributed by atoms with Gasteiger partial charge in [0.1, 0.15) is 11.8 Å². The van der Waals surface area contributed by atoms with Gasteiger partial charge in [0.05, 0.1) is 12.2 Å². The van der Waals surface area contributed by atoms with E-state index >= 15 is 0 Å². The Morgan fingerprint density at radius 3 is 2.75 bits per heavy atom. The number of nitrogens with zero attached hydrogens (tertiary/aromatic N) is 2. The second kappa shape index (κ2) is 4.80. The number of aromatic nitrogens is 1. The average molecular weight is 288 g/mol. The van der Waals surface area contributed by atoms with Gasteiger partial charge in [0, 0.05) is 24.4 Å². The van der Waals surface area contributed by atoms with E-state index < -0.39 is 30.9 Å². The molecule has 20 heavy (non-hydrogen) atoms. The van der Waals surface area contributed by atoms with Gasteiger partial charge in [-0.25, -0.2) is 8.78 Å². The Morgan fingerprint density at radius 1 is 1.60 bits per heavy atom. The molecular weight excluding hydrogens is 270 g/mol. The minimum absolute atomic E-state index is 0.0478. The van der Waals surface area contributed by atoms with Crippen molar-refractivity contribution in [2.75, 3.05) is 6.54 Å². The molecule has 1 aliphatic rings. The maximum absolute atomic E-state index is 13.4. The van der Waals surface area contributed by atoms with Crippen molar-refractivity contribution in [2.24, 2.45) is 0 Å². The molecule has 0 aliphatic carbocycles. The molecular formula is C13H18F2N2O3. The van der Waals surface area contributed by atoms with Crippen LogP contribution in [0.25, 0.3) is 0 Å². The first-order valence-electron chi connectivity index (χ1n) is 6.39. The lowest BCUT2D eigenvalue weighted by molar-refractivity contribution is -0.142. The van der Waals surface area contributed by atoms with Crippen LogP contribution < -0.4 is 0 Å². The van der Waals surface area contributed by atoms with E-state index in [1.807, 2.05) is 20.8 Å². The number of halogens is 2. The van der Waals surface area contributed by atoms with Crippen molar-refractivity contribution in [3.05, 3.63) is 17.5 Å². The van der Waals surface area contributed by atoms with E-state index in [9.17, 15) is 13.6 Å². The van der Waals surface area contributed by atoms with Gasteiger partial charge in [-0.15, -0.1) is 0 Å². The molecule has 1 aromatic rings.